The van der Waals surface area contributed by atoms with Gasteiger partial charge in [0.25, 0.3) is 5.56 Å². The first-order valence-corrected chi connectivity index (χ1v) is 10.3. The summed E-state index contributed by atoms with van der Waals surface area (Å²) in [5, 5.41) is 10.5. The Hall–Kier alpha value is -2.86. The molecule has 4 aromatic rings. The molecule has 5 nitrogen and oxygen atoms in total. The van der Waals surface area contributed by atoms with Crippen LogP contribution < -0.4 is 15.0 Å². The first kappa shape index (κ1) is 18.5. The Labute approximate surface area is 167 Å². The van der Waals surface area contributed by atoms with E-state index in [9.17, 15) is 9.90 Å². The van der Waals surface area contributed by atoms with Crippen LogP contribution >= 0.6 is 11.3 Å². The predicted molar refractivity (Wildman–Crippen MR) is 117 cm³/mol. The number of hydrogen-bond acceptors (Lipinski definition) is 5. The number of phenols is 1. The Bertz CT molecular complexity index is 1300. The minimum absolute atomic E-state index is 0.0975. The van der Waals surface area contributed by atoms with E-state index in [1.165, 1.54) is 11.3 Å². The average molecular weight is 394 g/mol. The van der Waals surface area contributed by atoms with Gasteiger partial charge in [-0.05, 0) is 63.1 Å². The number of rotatable bonds is 4. The normalized spacial score (nSPS) is 12.4. The summed E-state index contributed by atoms with van der Waals surface area (Å²) >= 11 is 1.35. The van der Waals surface area contributed by atoms with Crippen molar-refractivity contribution < 1.29 is 5.11 Å². The van der Waals surface area contributed by atoms with Gasteiger partial charge >= 0.3 is 0 Å². The second-order valence-corrected chi connectivity index (χ2v) is 8.02. The van der Waals surface area contributed by atoms with Crippen molar-refractivity contribution in [1.82, 2.24) is 9.38 Å². The van der Waals surface area contributed by atoms with Gasteiger partial charge in [-0.2, -0.15) is 0 Å². The molecule has 6 heteroatoms. The number of thiazole rings is 1. The van der Waals surface area contributed by atoms with Gasteiger partial charge in [0, 0.05) is 30.4 Å². The molecule has 0 radical (unpaired) electrons. The molecule has 0 aliphatic rings. The molecule has 2 heterocycles. The van der Waals surface area contributed by atoms with Gasteiger partial charge in [-0.25, -0.2) is 9.38 Å². The first-order chi connectivity index (χ1) is 13.4. The minimum Gasteiger partial charge on any atom is -0.507 e. The van der Waals surface area contributed by atoms with Crippen LogP contribution in [0.5, 0.6) is 5.75 Å². The zero-order chi connectivity index (χ0) is 20.0. The number of nitrogens with zero attached hydrogens (tertiary/aromatic N) is 3. The first-order valence-electron chi connectivity index (χ1n) is 9.44. The van der Waals surface area contributed by atoms with Gasteiger partial charge in [-0.15, -0.1) is 0 Å². The standard InChI is InChI=1S/C22H23N3O2S/c1-5-24(6-2)16-8-7-15(18(26)12-16)11-19-21(27)25-17-10-13(3)9-14(4)20(17)23-22(25)28-19/h7-12,26H,5-6H2,1-4H3/b19-11-. The van der Waals surface area contributed by atoms with Crippen molar-refractivity contribution in [2.75, 3.05) is 18.0 Å². The summed E-state index contributed by atoms with van der Waals surface area (Å²) in [7, 11) is 0. The van der Waals surface area contributed by atoms with E-state index >= 15 is 0 Å². The highest BCUT2D eigenvalue weighted by molar-refractivity contribution is 7.15. The van der Waals surface area contributed by atoms with Crippen LogP contribution in [-0.2, 0) is 0 Å². The SMILES string of the molecule is CCN(CC)c1ccc(/C=c2\sc3nc4c(C)cc(C)cc4n3c2=O)c(O)c1. The third-order valence-electron chi connectivity index (χ3n) is 5.11. The molecule has 0 saturated carbocycles. The summed E-state index contributed by atoms with van der Waals surface area (Å²) in [4.78, 5) is 20.5. The molecule has 28 heavy (non-hydrogen) atoms. The highest BCUT2D eigenvalue weighted by Gasteiger charge is 2.14. The summed E-state index contributed by atoms with van der Waals surface area (Å²) < 4.78 is 2.24. The number of fused-ring (bicyclic) bond motifs is 3. The van der Waals surface area contributed by atoms with Gasteiger partial charge < -0.3 is 10.0 Å². The van der Waals surface area contributed by atoms with Gasteiger partial charge in [-0.3, -0.25) is 4.79 Å². The van der Waals surface area contributed by atoms with E-state index in [0.717, 1.165) is 40.9 Å². The zero-order valence-electron chi connectivity index (χ0n) is 16.5. The number of phenolic OH excluding ortho intramolecular Hbond substituents is 1. The molecule has 0 aliphatic heterocycles. The van der Waals surface area contributed by atoms with Crippen molar-refractivity contribution in [3.05, 3.63) is 61.9 Å². The van der Waals surface area contributed by atoms with E-state index in [1.54, 1.807) is 16.5 Å². The maximum Gasteiger partial charge on any atom is 0.274 e. The summed E-state index contributed by atoms with van der Waals surface area (Å²) in [6.07, 6.45) is 1.75. The van der Waals surface area contributed by atoms with Crippen molar-refractivity contribution >= 4 is 39.1 Å². The average Bonchev–Trinajstić information content (AvgIpc) is 3.16. The summed E-state index contributed by atoms with van der Waals surface area (Å²) in [5.74, 6) is 0.173. The molecule has 2 aromatic carbocycles. The molecule has 0 atom stereocenters. The quantitative estimate of drug-likeness (QED) is 0.575. The number of aromatic hydroxyl groups is 1. The van der Waals surface area contributed by atoms with E-state index in [0.29, 0.717) is 15.1 Å². The van der Waals surface area contributed by atoms with E-state index in [2.05, 4.69) is 29.8 Å². The second-order valence-electron chi connectivity index (χ2n) is 7.01. The van der Waals surface area contributed by atoms with E-state index in [-0.39, 0.29) is 11.3 Å². The third kappa shape index (κ3) is 2.94. The predicted octanol–water partition coefficient (Wildman–Crippen LogP) is 3.63. The molecular formula is C22H23N3O2S. The Morgan fingerprint density at radius 2 is 1.93 bits per heavy atom. The Kier molecular flexibility index (Phi) is 4.59. The zero-order valence-corrected chi connectivity index (χ0v) is 17.3. The third-order valence-corrected chi connectivity index (χ3v) is 6.08. The molecular weight excluding hydrogens is 370 g/mol. The number of aromatic nitrogens is 2. The Morgan fingerprint density at radius 1 is 1.18 bits per heavy atom. The molecule has 0 unspecified atom stereocenters. The summed E-state index contributed by atoms with van der Waals surface area (Å²) in [5.41, 5.74) is 5.39. The van der Waals surface area contributed by atoms with E-state index in [4.69, 9.17) is 0 Å². The van der Waals surface area contributed by atoms with Crippen LogP contribution in [-0.4, -0.2) is 27.6 Å². The maximum absolute atomic E-state index is 13.0. The summed E-state index contributed by atoms with van der Waals surface area (Å²) in [6, 6.07) is 9.66. The van der Waals surface area contributed by atoms with Crippen LogP contribution in [0.4, 0.5) is 5.69 Å². The van der Waals surface area contributed by atoms with Crippen LogP contribution in [0.25, 0.3) is 22.1 Å². The molecule has 2 aromatic heterocycles. The lowest BCUT2D eigenvalue weighted by molar-refractivity contribution is 0.474. The molecule has 0 amide bonds. The molecule has 0 saturated heterocycles. The Morgan fingerprint density at radius 3 is 2.61 bits per heavy atom. The van der Waals surface area contributed by atoms with Gasteiger partial charge in [0.2, 0.25) is 0 Å². The topological polar surface area (TPSA) is 57.8 Å². The van der Waals surface area contributed by atoms with Crippen molar-refractivity contribution in [1.29, 1.82) is 0 Å². The molecule has 0 bridgehead atoms. The van der Waals surface area contributed by atoms with Crippen LogP contribution in [0.15, 0.2) is 35.1 Å². The smallest absolute Gasteiger partial charge is 0.274 e. The lowest BCUT2D eigenvalue weighted by Crippen LogP contribution is -2.23. The number of anilines is 1. The molecule has 0 spiro atoms. The monoisotopic (exact) mass is 393 g/mol. The van der Waals surface area contributed by atoms with Crippen molar-refractivity contribution in [3.8, 4) is 5.75 Å². The minimum atomic E-state index is -0.0975. The molecule has 1 N–H and O–H groups in total. The molecule has 4 rings (SSSR count). The van der Waals surface area contributed by atoms with Gasteiger partial charge in [-0.1, -0.05) is 17.4 Å². The Balaban J connectivity index is 1.87. The number of imidazole rings is 1. The number of benzene rings is 2. The van der Waals surface area contributed by atoms with Crippen molar-refractivity contribution in [3.63, 3.8) is 0 Å². The number of aryl methyl sites for hydroxylation is 2. The van der Waals surface area contributed by atoms with Crippen LogP contribution in [0.2, 0.25) is 0 Å². The molecule has 0 aliphatic carbocycles. The van der Waals surface area contributed by atoms with Crippen LogP contribution in [0.1, 0.15) is 30.5 Å². The highest BCUT2D eigenvalue weighted by Crippen LogP contribution is 2.26. The highest BCUT2D eigenvalue weighted by atomic mass is 32.1. The largest absolute Gasteiger partial charge is 0.507 e. The fraction of sp³-hybridized carbons (Fsp3) is 0.273. The van der Waals surface area contributed by atoms with Crippen molar-refractivity contribution in [2.24, 2.45) is 0 Å². The molecule has 0 fully saturated rings. The van der Waals surface area contributed by atoms with Gasteiger partial charge in [0.15, 0.2) is 4.96 Å². The molecule has 144 valence electrons. The van der Waals surface area contributed by atoms with E-state index in [1.807, 2.05) is 32.0 Å². The van der Waals surface area contributed by atoms with Crippen LogP contribution in [0, 0.1) is 13.8 Å². The summed E-state index contributed by atoms with van der Waals surface area (Å²) in [6.45, 7) is 9.94. The fourth-order valence-electron chi connectivity index (χ4n) is 3.69. The van der Waals surface area contributed by atoms with Gasteiger partial charge in [0.1, 0.15) is 5.75 Å². The second kappa shape index (κ2) is 6.95. The van der Waals surface area contributed by atoms with Gasteiger partial charge in [0.05, 0.1) is 15.6 Å². The lowest BCUT2D eigenvalue weighted by Gasteiger charge is -2.21. The van der Waals surface area contributed by atoms with E-state index < -0.39 is 0 Å². The van der Waals surface area contributed by atoms with Crippen LogP contribution in [0.3, 0.4) is 0 Å². The number of hydrogen-bond donors (Lipinski definition) is 1. The fourth-order valence-corrected chi connectivity index (χ4v) is 4.66. The van der Waals surface area contributed by atoms with Crippen molar-refractivity contribution in [2.45, 2.75) is 27.7 Å². The lowest BCUT2D eigenvalue weighted by atomic mass is 10.1. The maximum atomic E-state index is 13.0.